The fraction of sp³-hybridized carbons (Fsp3) is 0.575. The molecule has 3 aliphatic rings. The van der Waals surface area contributed by atoms with E-state index in [4.69, 9.17) is 14.5 Å². The van der Waals surface area contributed by atoms with Crippen LogP contribution in [0.1, 0.15) is 86.5 Å². The summed E-state index contributed by atoms with van der Waals surface area (Å²) in [6.07, 6.45) is 7.63. The summed E-state index contributed by atoms with van der Waals surface area (Å²) >= 11 is 0. The van der Waals surface area contributed by atoms with Crippen LogP contribution in [0.15, 0.2) is 42.7 Å². The number of aromatic nitrogens is 3. The van der Waals surface area contributed by atoms with Crippen LogP contribution in [-0.2, 0) is 19.2 Å². The lowest BCUT2D eigenvalue weighted by Gasteiger charge is -2.36. The molecular formula is C40H54N8O7. The number of methoxy groups -OCH3 is 1. The van der Waals surface area contributed by atoms with Crippen molar-refractivity contribution in [1.82, 2.24) is 40.9 Å². The number of amides is 5. The standard InChI is InChI=1S/C40H54N8O7/c1-39(2,3)34(45-38(53)46-40(4,5)6)37(52)47-22-26(55-31-21-32(48-17-9-16-41-48)43-28-19-25(54-7)14-15-27(28)31)20-30(47)35(50)44-29(18-23-10-8-11-23)33(49)36(51)42-24-12-13-24/h9,14-17,19,21,23-24,26,29-30,34H,8,10-13,18,20,22H2,1-7H3,(H,42,51)(H,44,50)(H2,45,46,53)/t26-,29+,30?,34?/m1/s1. The Kier molecular flexibility index (Phi) is 11.4. The number of pyridine rings is 1. The van der Waals surface area contributed by atoms with Crippen LogP contribution < -0.4 is 30.7 Å². The molecule has 2 aromatic heterocycles. The number of rotatable bonds is 13. The monoisotopic (exact) mass is 758 g/mol. The number of likely N-dealkylation sites (tertiary alicyclic amines) is 1. The Morgan fingerprint density at radius 1 is 0.982 bits per heavy atom. The Hall–Kier alpha value is -5.21. The van der Waals surface area contributed by atoms with Crippen LogP contribution in [-0.4, -0.2) is 98.7 Å². The fourth-order valence-corrected chi connectivity index (χ4v) is 6.99. The predicted molar refractivity (Wildman–Crippen MR) is 205 cm³/mol. The van der Waals surface area contributed by atoms with E-state index in [0.29, 0.717) is 34.6 Å². The van der Waals surface area contributed by atoms with Gasteiger partial charge < -0.3 is 35.6 Å². The second-order valence-corrected chi connectivity index (χ2v) is 17.1. The van der Waals surface area contributed by atoms with Crippen LogP contribution in [0.2, 0.25) is 0 Å². The Balaban J connectivity index is 1.32. The second-order valence-electron chi connectivity index (χ2n) is 17.1. The van der Waals surface area contributed by atoms with Crippen molar-refractivity contribution >= 4 is 40.4 Å². The van der Waals surface area contributed by atoms with Gasteiger partial charge in [-0.05, 0) is 69.6 Å². The summed E-state index contributed by atoms with van der Waals surface area (Å²) in [5.74, 6) is -0.671. The van der Waals surface area contributed by atoms with E-state index in [1.807, 2.05) is 47.6 Å². The molecule has 6 rings (SSSR count). The minimum absolute atomic E-state index is 0.00650. The minimum Gasteiger partial charge on any atom is -0.497 e. The molecule has 1 aliphatic heterocycles. The van der Waals surface area contributed by atoms with Gasteiger partial charge in [-0.2, -0.15) is 5.10 Å². The zero-order valence-electron chi connectivity index (χ0n) is 32.8. The van der Waals surface area contributed by atoms with Crippen molar-refractivity contribution in [3.05, 3.63) is 42.7 Å². The molecular weight excluding hydrogens is 704 g/mol. The average Bonchev–Trinajstić information content (AvgIpc) is 3.54. The van der Waals surface area contributed by atoms with Gasteiger partial charge in [-0.15, -0.1) is 0 Å². The zero-order valence-corrected chi connectivity index (χ0v) is 32.8. The lowest BCUT2D eigenvalue weighted by Crippen LogP contribution is -2.61. The van der Waals surface area contributed by atoms with Crippen LogP contribution in [0.3, 0.4) is 0 Å². The van der Waals surface area contributed by atoms with E-state index in [-0.39, 0.29) is 24.9 Å². The van der Waals surface area contributed by atoms with E-state index in [9.17, 15) is 24.0 Å². The molecule has 4 N–H and O–H groups in total. The smallest absolute Gasteiger partial charge is 0.315 e. The Morgan fingerprint density at radius 2 is 1.73 bits per heavy atom. The van der Waals surface area contributed by atoms with Crippen molar-refractivity contribution in [1.29, 1.82) is 0 Å². The van der Waals surface area contributed by atoms with Gasteiger partial charge >= 0.3 is 6.03 Å². The number of carbonyl (C=O) groups is 5. The highest BCUT2D eigenvalue weighted by Gasteiger charge is 2.47. The number of nitrogens with zero attached hydrogens (tertiary/aromatic N) is 4. The summed E-state index contributed by atoms with van der Waals surface area (Å²) in [6.45, 7) is 11.0. The van der Waals surface area contributed by atoms with E-state index >= 15 is 0 Å². The van der Waals surface area contributed by atoms with Crippen molar-refractivity contribution in [3.63, 3.8) is 0 Å². The molecule has 2 unspecified atom stereocenters. The Labute approximate surface area is 321 Å². The number of nitrogens with one attached hydrogen (secondary N) is 4. The van der Waals surface area contributed by atoms with E-state index in [1.54, 1.807) is 48.5 Å². The van der Waals surface area contributed by atoms with Gasteiger partial charge in [0.1, 0.15) is 29.7 Å². The number of fused-ring (bicyclic) bond motifs is 1. The lowest BCUT2D eigenvalue weighted by molar-refractivity contribution is -0.144. The first-order valence-corrected chi connectivity index (χ1v) is 19.2. The molecule has 15 nitrogen and oxygen atoms in total. The highest BCUT2D eigenvalue weighted by molar-refractivity contribution is 6.38. The van der Waals surface area contributed by atoms with E-state index in [2.05, 4.69) is 26.4 Å². The van der Waals surface area contributed by atoms with Crippen LogP contribution in [0.5, 0.6) is 11.5 Å². The van der Waals surface area contributed by atoms with E-state index in [0.717, 1.165) is 32.1 Å². The van der Waals surface area contributed by atoms with Gasteiger partial charge in [-0.1, -0.05) is 40.0 Å². The molecule has 1 saturated heterocycles. The molecule has 3 fully saturated rings. The minimum atomic E-state index is -1.07. The molecule has 0 bridgehead atoms. The lowest BCUT2D eigenvalue weighted by atomic mass is 9.80. The third-order valence-electron chi connectivity index (χ3n) is 10.3. The number of benzene rings is 1. The fourth-order valence-electron chi connectivity index (χ4n) is 6.99. The van der Waals surface area contributed by atoms with Gasteiger partial charge in [0.05, 0.1) is 25.2 Å². The first kappa shape index (κ1) is 39.5. The predicted octanol–water partition coefficient (Wildman–Crippen LogP) is 3.81. The summed E-state index contributed by atoms with van der Waals surface area (Å²) in [5.41, 5.74) is -0.731. The molecule has 5 amide bonds. The molecule has 296 valence electrons. The largest absolute Gasteiger partial charge is 0.497 e. The van der Waals surface area contributed by atoms with Crippen molar-refractivity contribution < 1.29 is 33.4 Å². The molecule has 2 saturated carbocycles. The number of ketones is 1. The summed E-state index contributed by atoms with van der Waals surface area (Å²) < 4.78 is 13.7. The van der Waals surface area contributed by atoms with Gasteiger partial charge in [-0.25, -0.2) is 14.5 Å². The first-order valence-electron chi connectivity index (χ1n) is 19.2. The highest BCUT2D eigenvalue weighted by atomic mass is 16.5. The molecule has 0 radical (unpaired) electrons. The Bertz CT molecular complexity index is 1910. The van der Waals surface area contributed by atoms with Crippen molar-refractivity contribution in [2.75, 3.05) is 13.7 Å². The number of ether oxygens (including phenoxy) is 2. The van der Waals surface area contributed by atoms with Gasteiger partial charge in [0, 0.05) is 47.9 Å². The van der Waals surface area contributed by atoms with Gasteiger partial charge in [0.2, 0.25) is 17.6 Å². The molecule has 3 aromatic rings. The average molecular weight is 759 g/mol. The summed E-state index contributed by atoms with van der Waals surface area (Å²) in [7, 11) is 1.57. The number of hydrogen-bond donors (Lipinski definition) is 4. The number of carbonyl (C=O) groups excluding carboxylic acids is 5. The van der Waals surface area contributed by atoms with E-state index in [1.165, 1.54) is 4.90 Å². The van der Waals surface area contributed by atoms with Crippen molar-refractivity contribution in [2.45, 2.75) is 122 Å². The molecule has 3 heterocycles. The van der Waals surface area contributed by atoms with Crippen molar-refractivity contribution in [2.24, 2.45) is 11.3 Å². The van der Waals surface area contributed by atoms with E-state index < -0.39 is 64.7 Å². The van der Waals surface area contributed by atoms with Crippen LogP contribution in [0, 0.1) is 11.3 Å². The SMILES string of the molecule is COc1ccc2c(O[C@@H]3CC(C(=O)N[C@@H](CC4CCC4)C(=O)C(=O)NC4CC4)N(C(=O)C(NC(=O)NC(C)(C)C)C(C)(C)C)C3)cc(-n3cccn3)nc2c1. The summed E-state index contributed by atoms with van der Waals surface area (Å²) in [4.78, 5) is 74.9. The maximum atomic E-state index is 14.7. The van der Waals surface area contributed by atoms with Crippen LogP contribution >= 0.6 is 0 Å². The molecule has 55 heavy (non-hydrogen) atoms. The van der Waals surface area contributed by atoms with Gasteiger partial charge in [-0.3, -0.25) is 19.2 Å². The second kappa shape index (κ2) is 15.9. The third-order valence-corrected chi connectivity index (χ3v) is 10.3. The van der Waals surface area contributed by atoms with Gasteiger partial charge in [0.15, 0.2) is 5.82 Å². The number of urea groups is 1. The number of hydrogen-bond acceptors (Lipinski definition) is 9. The quantitative estimate of drug-likeness (QED) is 0.188. The zero-order chi connectivity index (χ0) is 39.7. The van der Waals surface area contributed by atoms with Crippen LogP contribution in [0.4, 0.5) is 4.79 Å². The topological polar surface area (TPSA) is 186 Å². The molecule has 2 aliphatic carbocycles. The molecule has 1 aromatic carbocycles. The van der Waals surface area contributed by atoms with Crippen LogP contribution in [0.25, 0.3) is 16.7 Å². The normalized spacial score (nSPS) is 19.9. The van der Waals surface area contributed by atoms with Gasteiger partial charge in [0.25, 0.3) is 5.91 Å². The molecule has 15 heteroatoms. The summed E-state index contributed by atoms with van der Waals surface area (Å²) in [6, 6.07) is 5.27. The third kappa shape index (κ3) is 9.73. The maximum Gasteiger partial charge on any atom is 0.315 e. The molecule has 4 atom stereocenters. The highest BCUT2D eigenvalue weighted by Crippen LogP contribution is 2.35. The maximum absolute atomic E-state index is 14.7. The number of Topliss-reactive ketones (excluding diaryl/α,β-unsaturated/α-hetero) is 1. The Morgan fingerprint density at radius 3 is 2.33 bits per heavy atom. The summed E-state index contributed by atoms with van der Waals surface area (Å²) in [5, 5.41) is 16.4. The first-order chi connectivity index (χ1) is 26.0. The molecule has 0 spiro atoms. The van der Waals surface area contributed by atoms with Crippen molar-refractivity contribution in [3.8, 4) is 17.3 Å².